The Hall–Kier alpha value is -1.07. The van der Waals surface area contributed by atoms with Crippen LogP contribution in [0.5, 0.6) is 0 Å². The average Bonchev–Trinajstić information content (AvgIpc) is 2.67. The van der Waals surface area contributed by atoms with Crippen LogP contribution in [0.3, 0.4) is 0 Å². The van der Waals surface area contributed by atoms with Crippen LogP contribution in [-0.4, -0.2) is 19.0 Å². The Morgan fingerprint density at radius 3 is 2.94 bits per heavy atom. The molecular weight excluding hydrogens is 222 g/mol. The molecule has 0 saturated carbocycles. The van der Waals surface area contributed by atoms with E-state index >= 15 is 0 Å². The highest BCUT2D eigenvalue weighted by Gasteiger charge is 2.01. The van der Waals surface area contributed by atoms with Gasteiger partial charge in [-0.25, -0.2) is 0 Å². The van der Waals surface area contributed by atoms with Gasteiger partial charge in [-0.2, -0.15) is 0 Å². The number of carbonyl (C=O) groups is 1. The van der Waals surface area contributed by atoms with Crippen LogP contribution in [0.4, 0.5) is 5.69 Å². The molecule has 0 spiro atoms. The van der Waals surface area contributed by atoms with E-state index in [-0.39, 0.29) is 5.91 Å². The van der Waals surface area contributed by atoms with Gasteiger partial charge >= 0.3 is 0 Å². The molecule has 0 bridgehead atoms. The van der Waals surface area contributed by atoms with Crippen LogP contribution < -0.4 is 16.4 Å². The van der Waals surface area contributed by atoms with Gasteiger partial charge in [-0.05, 0) is 17.9 Å². The maximum atomic E-state index is 11.3. The summed E-state index contributed by atoms with van der Waals surface area (Å²) in [6.07, 6.45) is 1.50. The van der Waals surface area contributed by atoms with E-state index in [9.17, 15) is 4.79 Å². The molecule has 1 rings (SSSR count). The lowest BCUT2D eigenvalue weighted by Crippen LogP contribution is -2.27. The van der Waals surface area contributed by atoms with Gasteiger partial charge in [-0.15, -0.1) is 11.3 Å². The fourth-order valence-corrected chi connectivity index (χ4v) is 2.02. The summed E-state index contributed by atoms with van der Waals surface area (Å²) in [7, 11) is 0. The van der Waals surface area contributed by atoms with Crippen LogP contribution >= 0.6 is 11.3 Å². The number of nitrogens with two attached hydrogens (primary N) is 1. The Kier molecular flexibility index (Phi) is 5.88. The number of nitrogen functional groups attached to an aromatic ring is 1. The molecule has 0 aliphatic carbocycles. The Balaban J connectivity index is 2.08. The second-order valence-electron chi connectivity index (χ2n) is 3.58. The summed E-state index contributed by atoms with van der Waals surface area (Å²) in [5.41, 5.74) is 6.57. The van der Waals surface area contributed by atoms with Crippen molar-refractivity contribution in [2.24, 2.45) is 0 Å². The highest BCUT2D eigenvalue weighted by atomic mass is 32.1. The van der Waals surface area contributed by atoms with Gasteiger partial charge in [0, 0.05) is 36.6 Å². The van der Waals surface area contributed by atoms with E-state index in [2.05, 4.69) is 10.6 Å². The summed E-state index contributed by atoms with van der Waals surface area (Å²) in [6.45, 7) is 4.23. The first-order chi connectivity index (χ1) is 7.74. The monoisotopic (exact) mass is 241 g/mol. The van der Waals surface area contributed by atoms with Crippen molar-refractivity contribution in [1.29, 1.82) is 0 Å². The van der Waals surface area contributed by atoms with Gasteiger partial charge < -0.3 is 16.4 Å². The van der Waals surface area contributed by atoms with Gasteiger partial charge in [0.1, 0.15) is 0 Å². The molecule has 0 atom stereocenters. The summed E-state index contributed by atoms with van der Waals surface area (Å²) in [5.74, 6) is 0.105. The zero-order valence-electron chi connectivity index (χ0n) is 9.58. The van der Waals surface area contributed by atoms with Crippen LogP contribution in [0.25, 0.3) is 0 Å². The van der Waals surface area contributed by atoms with E-state index in [1.54, 1.807) is 11.3 Å². The summed E-state index contributed by atoms with van der Waals surface area (Å²) >= 11 is 1.63. The smallest absolute Gasteiger partial charge is 0.221 e. The van der Waals surface area contributed by atoms with E-state index in [4.69, 9.17) is 5.73 Å². The molecule has 16 heavy (non-hydrogen) atoms. The maximum absolute atomic E-state index is 11.3. The van der Waals surface area contributed by atoms with Gasteiger partial charge in [0.2, 0.25) is 5.91 Å². The molecular formula is C11H19N3OS. The molecule has 1 aromatic heterocycles. The van der Waals surface area contributed by atoms with E-state index in [1.165, 1.54) is 0 Å². The maximum Gasteiger partial charge on any atom is 0.221 e. The van der Waals surface area contributed by atoms with E-state index < -0.39 is 0 Å². The predicted octanol–water partition coefficient (Wildman–Crippen LogP) is 1.34. The third kappa shape index (κ3) is 4.63. The van der Waals surface area contributed by atoms with Crippen LogP contribution in [0.15, 0.2) is 11.4 Å². The lowest BCUT2D eigenvalue weighted by atomic mass is 10.3. The van der Waals surface area contributed by atoms with E-state index in [0.717, 1.165) is 30.1 Å². The molecule has 0 unspecified atom stereocenters. The summed E-state index contributed by atoms with van der Waals surface area (Å²) < 4.78 is 0. The number of amides is 1. The van der Waals surface area contributed by atoms with Gasteiger partial charge in [-0.3, -0.25) is 4.79 Å². The fourth-order valence-electron chi connectivity index (χ4n) is 1.25. The Morgan fingerprint density at radius 1 is 1.50 bits per heavy atom. The Morgan fingerprint density at radius 2 is 2.31 bits per heavy atom. The molecule has 0 radical (unpaired) electrons. The van der Waals surface area contributed by atoms with Gasteiger partial charge in [-0.1, -0.05) is 6.92 Å². The summed E-state index contributed by atoms with van der Waals surface area (Å²) in [4.78, 5) is 12.4. The number of carbonyl (C=O) groups excluding carboxylic acids is 1. The van der Waals surface area contributed by atoms with Crippen LogP contribution in [0, 0.1) is 0 Å². The average molecular weight is 241 g/mol. The van der Waals surface area contributed by atoms with Gasteiger partial charge in [0.05, 0.1) is 0 Å². The normalized spacial score (nSPS) is 10.3. The molecule has 1 amide bonds. The molecule has 1 aromatic rings. The van der Waals surface area contributed by atoms with Crippen molar-refractivity contribution in [2.45, 2.75) is 26.3 Å². The van der Waals surface area contributed by atoms with Gasteiger partial charge in [0.15, 0.2) is 0 Å². The minimum atomic E-state index is 0.105. The quantitative estimate of drug-likeness (QED) is 0.631. The van der Waals surface area contributed by atoms with Gasteiger partial charge in [0.25, 0.3) is 0 Å². The largest absolute Gasteiger partial charge is 0.398 e. The molecule has 0 fully saturated rings. The van der Waals surface area contributed by atoms with Crippen molar-refractivity contribution in [3.8, 4) is 0 Å². The van der Waals surface area contributed by atoms with Crippen molar-refractivity contribution in [2.75, 3.05) is 18.8 Å². The fraction of sp³-hybridized carbons (Fsp3) is 0.545. The number of hydrogen-bond donors (Lipinski definition) is 3. The third-order valence-corrected chi connectivity index (χ3v) is 3.10. The van der Waals surface area contributed by atoms with Crippen molar-refractivity contribution >= 4 is 22.9 Å². The first-order valence-electron chi connectivity index (χ1n) is 5.53. The minimum Gasteiger partial charge on any atom is -0.398 e. The summed E-state index contributed by atoms with van der Waals surface area (Å²) in [6, 6.07) is 1.90. The van der Waals surface area contributed by atoms with E-state index in [0.29, 0.717) is 13.0 Å². The molecule has 0 aliphatic rings. The zero-order chi connectivity index (χ0) is 11.8. The zero-order valence-corrected chi connectivity index (χ0v) is 10.4. The second-order valence-corrected chi connectivity index (χ2v) is 4.58. The standard InChI is InChI=1S/C11H19N3OS/c1-2-5-14-11(15)3-6-13-8-10-9(12)4-7-16-10/h4,7,13H,2-3,5-6,8,12H2,1H3,(H,14,15). The van der Waals surface area contributed by atoms with Crippen molar-refractivity contribution < 1.29 is 4.79 Å². The molecule has 0 aromatic carbocycles. The third-order valence-electron chi connectivity index (χ3n) is 2.17. The molecule has 4 nitrogen and oxygen atoms in total. The molecule has 4 N–H and O–H groups in total. The first kappa shape index (κ1) is 13.0. The number of nitrogens with one attached hydrogen (secondary N) is 2. The SMILES string of the molecule is CCCNC(=O)CCNCc1sccc1N. The topological polar surface area (TPSA) is 67.2 Å². The highest BCUT2D eigenvalue weighted by Crippen LogP contribution is 2.17. The molecule has 90 valence electrons. The lowest BCUT2D eigenvalue weighted by Gasteiger charge is -2.05. The van der Waals surface area contributed by atoms with Crippen LogP contribution in [0.2, 0.25) is 0 Å². The number of rotatable bonds is 7. The summed E-state index contributed by atoms with van der Waals surface area (Å²) in [5, 5.41) is 8.01. The number of thiophene rings is 1. The van der Waals surface area contributed by atoms with Crippen LogP contribution in [-0.2, 0) is 11.3 Å². The Labute approximate surface area is 100 Å². The molecule has 5 heteroatoms. The van der Waals surface area contributed by atoms with Crippen molar-refractivity contribution in [1.82, 2.24) is 10.6 Å². The Bertz CT molecular complexity index is 325. The lowest BCUT2D eigenvalue weighted by molar-refractivity contribution is -0.120. The molecule has 0 saturated heterocycles. The highest BCUT2D eigenvalue weighted by molar-refractivity contribution is 7.10. The minimum absolute atomic E-state index is 0.105. The second kappa shape index (κ2) is 7.24. The van der Waals surface area contributed by atoms with Crippen molar-refractivity contribution in [3.05, 3.63) is 16.3 Å². The molecule has 0 aliphatic heterocycles. The molecule has 1 heterocycles. The van der Waals surface area contributed by atoms with Crippen molar-refractivity contribution in [3.63, 3.8) is 0 Å². The van der Waals surface area contributed by atoms with Crippen LogP contribution in [0.1, 0.15) is 24.6 Å². The first-order valence-corrected chi connectivity index (χ1v) is 6.41. The number of anilines is 1. The predicted molar refractivity (Wildman–Crippen MR) is 68.4 cm³/mol. The van der Waals surface area contributed by atoms with E-state index in [1.807, 2.05) is 18.4 Å². The number of hydrogen-bond acceptors (Lipinski definition) is 4.